The third-order valence-electron chi connectivity index (χ3n) is 4.12. The molecule has 1 aliphatic heterocycles. The Morgan fingerprint density at radius 2 is 1.24 bits per heavy atom. The molecule has 1 fully saturated rings. The number of nitrogens with zero attached hydrogens (tertiary/aromatic N) is 2. The standard InChI is InChI=1S/C19H34N2O3S/c1-5-6-7-8-9-10-11-12-13-14-15-20-16(22)17(23)21(18(20)24)25-19(2,3)4/h5-15H2,1-4H3. The van der Waals surface area contributed by atoms with E-state index in [1.165, 1.54) is 44.9 Å². The quantitative estimate of drug-likeness (QED) is 0.206. The van der Waals surface area contributed by atoms with Gasteiger partial charge in [-0.25, -0.2) is 4.79 Å². The fraction of sp³-hybridized carbons (Fsp3) is 0.842. The summed E-state index contributed by atoms with van der Waals surface area (Å²) in [7, 11) is 0. The molecule has 0 atom stereocenters. The summed E-state index contributed by atoms with van der Waals surface area (Å²) in [6.45, 7) is 8.31. The van der Waals surface area contributed by atoms with E-state index in [-0.39, 0.29) is 4.75 Å². The van der Waals surface area contributed by atoms with Crippen molar-refractivity contribution in [2.75, 3.05) is 6.54 Å². The first-order valence-electron chi connectivity index (χ1n) is 9.67. The molecule has 5 nitrogen and oxygen atoms in total. The number of rotatable bonds is 12. The molecule has 1 rings (SSSR count). The van der Waals surface area contributed by atoms with Gasteiger partial charge in [0.25, 0.3) is 0 Å². The molecular formula is C19H34N2O3S. The monoisotopic (exact) mass is 370 g/mol. The molecule has 1 aliphatic rings. The predicted molar refractivity (Wildman–Crippen MR) is 103 cm³/mol. The van der Waals surface area contributed by atoms with E-state index >= 15 is 0 Å². The minimum atomic E-state index is -0.711. The normalized spacial score (nSPS) is 15.6. The van der Waals surface area contributed by atoms with Crippen molar-refractivity contribution in [2.24, 2.45) is 0 Å². The van der Waals surface area contributed by atoms with Crippen molar-refractivity contribution in [3.05, 3.63) is 0 Å². The van der Waals surface area contributed by atoms with Gasteiger partial charge in [0.1, 0.15) is 0 Å². The third-order valence-corrected chi connectivity index (χ3v) is 5.17. The molecule has 6 heteroatoms. The average Bonchev–Trinajstić information content (AvgIpc) is 2.72. The van der Waals surface area contributed by atoms with Crippen molar-refractivity contribution in [1.29, 1.82) is 0 Å². The van der Waals surface area contributed by atoms with Crippen LogP contribution in [0.2, 0.25) is 0 Å². The van der Waals surface area contributed by atoms with Gasteiger partial charge in [0, 0.05) is 11.3 Å². The summed E-state index contributed by atoms with van der Waals surface area (Å²) in [5.74, 6) is -1.39. The van der Waals surface area contributed by atoms with Crippen LogP contribution in [0.5, 0.6) is 0 Å². The highest BCUT2D eigenvalue weighted by Gasteiger charge is 2.46. The number of carbonyl (C=O) groups is 3. The van der Waals surface area contributed by atoms with E-state index in [2.05, 4.69) is 6.92 Å². The van der Waals surface area contributed by atoms with Crippen LogP contribution in [0.15, 0.2) is 0 Å². The Labute approximate surface area is 157 Å². The number of hydrogen-bond donors (Lipinski definition) is 0. The molecule has 1 heterocycles. The van der Waals surface area contributed by atoms with Crippen molar-refractivity contribution < 1.29 is 14.4 Å². The Balaban J connectivity index is 2.21. The van der Waals surface area contributed by atoms with Crippen LogP contribution in [-0.2, 0) is 9.59 Å². The third kappa shape index (κ3) is 7.80. The summed E-state index contributed by atoms with van der Waals surface area (Å²) >= 11 is 1.12. The van der Waals surface area contributed by atoms with Gasteiger partial charge in [0.15, 0.2) is 0 Å². The molecule has 4 amide bonds. The molecule has 0 N–H and O–H groups in total. The van der Waals surface area contributed by atoms with Gasteiger partial charge in [-0.15, -0.1) is 0 Å². The van der Waals surface area contributed by atoms with Gasteiger partial charge in [0.05, 0.1) is 0 Å². The zero-order valence-corrected chi connectivity index (χ0v) is 17.1. The van der Waals surface area contributed by atoms with Gasteiger partial charge >= 0.3 is 17.8 Å². The molecular weight excluding hydrogens is 336 g/mol. The van der Waals surface area contributed by atoms with E-state index in [1.54, 1.807) is 0 Å². The Morgan fingerprint density at radius 1 is 0.760 bits per heavy atom. The van der Waals surface area contributed by atoms with Crippen LogP contribution in [0.1, 0.15) is 91.9 Å². The second-order valence-corrected chi connectivity index (χ2v) is 9.50. The smallest absolute Gasteiger partial charge is 0.263 e. The average molecular weight is 371 g/mol. The van der Waals surface area contributed by atoms with Crippen LogP contribution in [0.25, 0.3) is 0 Å². The minimum Gasteiger partial charge on any atom is -0.263 e. The number of hydrogen-bond acceptors (Lipinski definition) is 4. The van der Waals surface area contributed by atoms with Crippen molar-refractivity contribution in [1.82, 2.24) is 9.21 Å². The fourth-order valence-corrected chi connectivity index (χ4v) is 3.68. The Bertz CT molecular complexity index is 460. The van der Waals surface area contributed by atoms with Crippen molar-refractivity contribution >= 4 is 29.8 Å². The maximum Gasteiger partial charge on any atom is 0.344 e. The number of imide groups is 2. The maximum absolute atomic E-state index is 12.3. The maximum atomic E-state index is 12.3. The zero-order chi connectivity index (χ0) is 18.9. The van der Waals surface area contributed by atoms with Crippen LogP contribution >= 0.6 is 11.9 Å². The molecule has 25 heavy (non-hydrogen) atoms. The van der Waals surface area contributed by atoms with Gasteiger partial charge in [-0.1, -0.05) is 64.7 Å². The lowest BCUT2D eigenvalue weighted by atomic mass is 10.1. The van der Waals surface area contributed by atoms with Crippen molar-refractivity contribution in [2.45, 2.75) is 96.7 Å². The molecule has 0 radical (unpaired) electrons. The van der Waals surface area contributed by atoms with E-state index in [0.717, 1.165) is 40.4 Å². The summed E-state index contributed by atoms with van der Waals surface area (Å²) in [4.78, 5) is 37.4. The molecule has 0 unspecified atom stereocenters. The highest BCUT2D eigenvalue weighted by atomic mass is 32.2. The van der Waals surface area contributed by atoms with E-state index in [4.69, 9.17) is 0 Å². The molecule has 1 saturated heterocycles. The first-order valence-corrected chi connectivity index (χ1v) is 10.4. The fourth-order valence-electron chi connectivity index (χ4n) is 2.79. The van der Waals surface area contributed by atoms with Crippen LogP contribution in [0.4, 0.5) is 4.79 Å². The van der Waals surface area contributed by atoms with Crippen LogP contribution < -0.4 is 0 Å². The summed E-state index contributed by atoms with van der Waals surface area (Å²) in [5.41, 5.74) is 0. The second-order valence-electron chi connectivity index (χ2n) is 7.72. The summed E-state index contributed by atoms with van der Waals surface area (Å²) in [5, 5.41) is 0. The molecule has 0 bridgehead atoms. The van der Waals surface area contributed by atoms with Crippen LogP contribution in [0.3, 0.4) is 0 Å². The highest BCUT2D eigenvalue weighted by Crippen LogP contribution is 2.31. The lowest BCUT2D eigenvalue weighted by molar-refractivity contribution is -0.141. The lowest BCUT2D eigenvalue weighted by Gasteiger charge is -2.22. The SMILES string of the molecule is CCCCCCCCCCCCN1C(=O)C(=O)N(SC(C)(C)C)C1=O. The first-order chi connectivity index (χ1) is 11.8. The highest BCUT2D eigenvalue weighted by molar-refractivity contribution is 7.99. The summed E-state index contributed by atoms with van der Waals surface area (Å²) < 4.78 is 0.720. The Hall–Kier alpha value is -1.04. The largest absolute Gasteiger partial charge is 0.344 e. The molecule has 0 aromatic carbocycles. The topological polar surface area (TPSA) is 57.7 Å². The van der Waals surface area contributed by atoms with Crippen molar-refractivity contribution in [3.8, 4) is 0 Å². The Kier molecular flexibility index (Phi) is 9.54. The number of carbonyl (C=O) groups excluding carboxylic acids is 3. The van der Waals surface area contributed by atoms with E-state index in [9.17, 15) is 14.4 Å². The summed E-state index contributed by atoms with van der Waals surface area (Å²) in [6.07, 6.45) is 11.9. The summed E-state index contributed by atoms with van der Waals surface area (Å²) in [6, 6.07) is -0.481. The molecule has 0 spiro atoms. The Morgan fingerprint density at radius 3 is 1.72 bits per heavy atom. The minimum absolute atomic E-state index is 0.293. The number of urea groups is 1. The zero-order valence-electron chi connectivity index (χ0n) is 16.3. The lowest BCUT2D eigenvalue weighted by Crippen LogP contribution is -2.33. The van der Waals surface area contributed by atoms with Crippen LogP contribution in [-0.4, -0.2) is 38.3 Å². The molecule has 144 valence electrons. The van der Waals surface area contributed by atoms with E-state index in [1.807, 2.05) is 20.8 Å². The van der Waals surface area contributed by atoms with E-state index in [0.29, 0.717) is 6.54 Å². The molecule has 0 aromatic heterocycles. The van der Waals surface area contributed by atoms with Crippen molar-refractivity contribution in [3.63, 3.8) is 0 Å². The van der Waals surface area contributed by atoms with Gasteiger partial charge in [-0.3, -0.25) is 14.5 Å². The van der Waals surface area contributed by atoms with Gasteiger partial charge < -0.3 is 0 Å². The predicted octanol–water partition coefficient (Wildman–Crippen LogP) is 5.14. The molecule has 0 aromatic rings. The second kappa shape index (κ2) is 10.8. The van der Waals surface area contributed by atoms with Gasteiger partial charge in [-0.2, -0.15) is 4.31 Å². The molecule has 0 saturated carbocycles. The number of unbranched alkanes of at least 4 members (excludes halogenated alkanes) is 9. The molecule has 0 aliphatic carbocycles. The van der Waals surface area contributed by atoms with E-state index < -0.39 is 17.8 Å². The first kappa shape index (κ1) is 22.0. The van der Waals surface area contributed by atoms with Gasteiger partial charge in [0.2, 0.25) is 0 Å². The van der Waals surface area contributed by atoms with Gasteiger partial charge in [-0.05, 0) is 39.1 Å². The number of amides is 4. The van der Waals surface area contributed by atoms with Crippen LogP contribution in [0, 0.1) is 0 Å².